The predicted molar refractivity (Wildman–Crippen MR) is 79.9 cm³/mol. The zero-order valence-electron chi connectivity index (χ0n) is 12.2. The van der Waals surface area contributed by atoms with E-state index in [1.165, 1.54) is 18.2 Å². The Kier molecular flexibility index (Phi) is 4.25. The van der Waals surface area contributed by atoms with Gasteiger partial charge in [0.25, 0.3) is 5.91 Å². The molecule has 1 aliphatic heterocycles. The van der Waals surface area contributed by atoms with Crippen molar-refractivity contribution in [3.8, 4) is 0 Å². The lowest BCUT2D eigenvalue weighted by Gasteiger charge is -2.23. The average Bonchev–Trinajstić information content (AvgIpc) is 2.82. The Hall–Kier alpha value is -1.60. The van der Waals surface area contributed by atoms with Crippen LogP contribution in [-0.2, 0) is 14.6 Å². The molecule has 1 atom stereocenters. The van der Waals surface area contributed by atoms with Crippen LogP contribution in [0.2, 0.25) is 0 Å². The first-order valence-corrected chi connectivity index (χ1v) is 8.62. The average molecular weight is 312 g/mol. The van der Waals surface area contributed by atoms with Gasteiger partial charge in [-0.15, -0.1) is 0 Å². The van der Waals surface area contributed by atoms with E-state index in [9.17, 15) is 13.2 Å². The molecule has 1 fully saturated rings. The number of carbonyl (C=O) groups excluding carboxylic acids is 1. The number of nitrogen functional groups attached to an aromatic ring is 1. The lowest BCUT2D eigenvalue weighted by atomic mass is 10.0. The van der Waals surface area contributed by atoms with Crippen molar-refractivity contribution in [2.24, 2.45) is 0 Å². The lowest BCUT2D eigenvalue weighted by Crippen LogP contribution is -2.40. The highest BCUT2D eigenvalue weighted by Gasteiger charge is 2.30. The van der Waals surface area contributed by atoms with E-state index >= 15 is 0 Å². The molecular formula is C14H20N2O4S. The second-order valence-electron chi connectivity index (χ2n) is 5.65. The number of nitrogens with one attached hydrogen (secondary N) is 1. The zero-order chi connectivity index (χ0) is 15.7. The number of benzene rings is 1. The molecule has 1 amide bonds. The number of sulfone groups is 1. The van der Waals surface area contributed by atoms with Gasteiger partial charge >= 0.3 is 0 Å². The van der Waals surface area contributed by atoms with Gasteiger partial charge in [-0.25, -0.2) is 8.42 Å². The van der Waals surface area contributed by atoms with Gasteiger partial charge in [0.1, 0.15) is 0 Å². The molecular weight excluding hydrogens is 292 g/mol. The Morgan fingerprint density at radius 2 is 2.14 bits per heavy atom. The first-order valence-electron chi connectivity index (χ1n) is 6.72. The summed E-state index contributed by atoms with van der Waals surface area (Å²) >= 11 is 0. The molecule has 7 heteroatoms. The van der Waals surface area contributed by atoms with E-state index in [2.05, 4.69) is 5.32 Å². The largest absolute Gasteiger partial charge is 0.399 e. The van der Waals surface area contributed by atoms with Gasteiger partial charge in [-0.1, -0.05) is 0 Å². The second-order valence-corrected chi connectivity index (χ2v) is 7.66. The molecule has 1 heterocycles. The molecule has 21 heavy (non-hydrogen) atoms. The van der Waals surface area contributed by atoms with Gasteiger partial charge in [-0.3, -0.25) is 4.79 Å². The number of nitrogens with two attached hydrogens (primary N) is 1. The van der Waals surface area contributed by atoms with E-state index in [1.807, 2.05) is 6.92 Å². The van der Waals surface area contributed by atoms with Crippen molar-refractivity contribution in [3.05, 3.63) is 23.8 Å². The first kappa shape index (κ1) is 15.8. The van der Waals surface area contributed by atoms with Gasteiger partial charge in [0, 0.05) is 30.7 Å². The monoisotopic (exact) mass is 312 g/mol. The van der Waals surface area contributed by atoms with E-state index in [0.29, 0.717) is 13.2 Å². The molecule has 6 nitrogen and oxygen atoms in total. The third-order valence-corrected chi connectivity index (χ3v) is 4.63. The van der Waals surface area contributed by atoms with Gasteiger partial charge in [0.15, 0.2) is 9.84 Å². The maximum Gasteiger partial charge on any atom is 0.251 e. The summed E-state index contributed by atoms with van der Waals surface area (Å²) in [7, 11) is -3.41. The fourth-order valence-corrected chi connectivity index (χ4v) is 3.00. The quantitative estimate of drug-likeness (QED) is 0.807. The molecule has 0 aromatic heterocycles. The van der Waals surface area contributed by atoms with Gasteiger partial charge in [-0.05, 0) is 38.0 Å². The van der Waals surface area contributed by atoms with Crippen molar-refractivity contribution in [2.75, 3.05) is 25.1 Å². The van der Waals surface area contributed by atoms with Crippen LogP contribution in [0.1, 0.15) is 30.1 Å². The fourth-order valence-electron chi connectivity index (χ4n) is 2.31. The summed E-state index contributed by atoms with van der Waals surface area (Å²) < 4.78 is 28.7. The van der Waals surface area contributed by atoms with E-state index in [-0.39, 0.29) is 27.7 Å². The summed E-state index contributed by atoms with van der Waals surface area (Å²) in [5, 5.41) is 2.77. The van der Waals surface area contributed by atoms with E-state index < -0.39 is 9.84 Å². The van der Waals surface area contributed by atoms with Crippen molar-refractivity contribution >= 4 is 21.4 Å². The number of amides is 1. The molecule has 0 radical (unpaired) electrons. The standard InChI is InChI=1S/C14H20N2O4S/c1-14(4-3-5-20-14)9-16-13(17)10-6-11(15)8-12(7-10)21(2,18)19/h6-8H,3-5,9,15H2,1-2H3,(H,16,17). The van der Waals surface area contributed by atoms with Crippen LogP contribution in [0.3, 0.4) is 0 Å². The molecule has 0 bridgehead atoms. The maximum atomic E-state index is 12.2. The Morgan fingerprint density at radius 1 is 1.43 bits per heavy atom. The number of ether oxygens (including phenoxy) is 1. The van der Waals surface area contributed by atoms with Crippen molar-refractivity contribution in [1.29, 1.82) is 0 Å². The normalized spacial score (nSPS) is 22.2. The van der Waals surface area contributed by atoms with Crippen LogP contribution in [0, 0.1) is 0 Å². The number of rotatable bonds is 4. The minimum absolute atomic E-state index is 0.0379. The van der Waals surface area contributed by atoms with E-state index in [4.69, 9.17) is 10.5 Å². The molecule has 116 valence electrons. The Labute approximate surface area is 124 Å². The molecule has 1 aromatic carbocycles. The Balaban J connectivity index is 2.14. The molecule has 0 spiro atoms. The summed E-state index contributed by atoms with van der Waals surface area (Å²) in [5.74, 6) is -0.357. The maximum absolute atomic E-state index is 12.2. The van der Waals surface area contributed by atoms with Crippen LogP contribution in [0.25, 0.3) is 0 Å². The summed E-state index contributed by atoms with van der Waals surface area (Å²) in [6.45, 7) is 3.03. The number of hydrogen-bond donors (Lipinski definition) is 2. The van der Waals surface area contributed by atoms with Gasteiger partial charge in [0.2, 0.25) is 0 Å². The van der Waals surface area contributed by atoms with Crippen LogP contribution in [0.15, 0.2) is 23.1 Å². The SMILES string of the molecule is CC1(CNC(=O)c2cc(N)cc(S(C)(=O)=O)c2)CCCO1. The highest BCUT2D eigenvalue weighted by Crippen LogP contribution is 2.24. The summed E-state index contributed by atoms with van der Waals surface area (Å²) in [6.07, 6.45) is 2.94. The molecule has 2 rings (SSSR count). The second kappa shape index (κ2) is 5.65. The van der Waals surface area contributed by atoms with Gasteiger partial charge in [-0.2, -0.15) is 0 Å². The first-order chi connectivity index (χ1) is 9.70. The van der Waals surface area contributed by atoms with Crippen LogP contribution in [0.4, 0.5) is 5.69 Å². The molecule has 3 N–H and O–H groups in total. The lowest BCUT2D eigenvalue weighted by molar-refractivity contribution is 0.0206. The summed E-state index contributed by atoms with van der Waals surface area (Å²) in [5.41, 5.74) is 5.79. The zero-order valence-corrected chi connectivity index (χ0v) is 13.0. The molecule has 1 aliphatic rings. The van der Waals surface area contributed by atoms with Crippen molar-refractivity contribution in [2.45, 2.75) is 30.3 Å². The summed E-state index contributed by atoms with van der Waals surface area (Å²) in [4.78, 5) is 12.2. The Morgan fingerprint density at radius 3 is 2.71 bits per heavy atom. The van der Waals surface area contributed by atoms with Crippen LogP contribution in [0.5, 0.6) is 0 Å². The highest BCUT2D eigenvalue weighted by atomic mass is 32.2. The number of hydrogen-bond acceptors (Lipinski definition) is 5. The molecule has 1 unspecified atom stereocenters. The van der Waals surface area contributed by atoms with Crippen LogP contribution in [-0.4, -0.2) is 39.3 Å². The molecule has 1 saturated heterocycles. The fraction of sp³-hybridized carbons (Fsp3) is 0.500. The van der Waals surface area contributed by atoms with Gasteiger partial charge in [0.05, 0.1) is 10.5 Å². The highest BCUT2D eigenvalue weighted by molar-refractivity contribution is 7.90. The van der Waals surface area contributed by atoms with Gasteiger partial charge < -0.3 is 15.8 Å². The predicted octanol–water partition coefficient (Wildman–Crippen LogP) is 0.971. The molecule has 0 saturated carbocycles. The smallest absolute Gasteiger partial charge is 0.251 e. The van der Waals surface area contributed by atoms with Crippen molar-refractivity contribution < 1.29 is 17.9 Å². The minimum Gasteiger partial charge on any atom is -0.399 e. The third kappa shape index (κ3) is 3.95. The van der Waals surface area contributed by atoms with Crippen molar-refractivity contribution in [3.63, 3.8) is 0 Å². The topological polar surface area (TPSA) is 98.5 Å². The number of carbonyl (C=O) groups is 1. The number of anilines is 1. The third-order valence-electron chi connectivity index (χ3n) is 3.54. The summed E-state index contributed by atoms with van der Waals surface area (Å²) in [6, 6.07) is 4.13. The Bertz CT molecular complexity index is 649. The van der Waals surface area contributed by atoms with Crippen molar-refractivity contribution in [1.82, 2.24) is 5.32 Å². The molecule has 1 aromatic rings. The van der Waals surface area contributed by atoms with Crippen LogP contribution < -0.4 is 11.1 Å². The van der Waals surface area contributed by atoms with E-state index in [0.717, 1.165) is 19.1 Å². The van der Waals surface area contributed by atoms with Crippen LogP contribution >= 0.6 is 0 Å². The molecule has 0 aliphatic carbocycles. The van der Waals surface area contributed by atoms with E-state index in [1.54, 1.807) is 0 Å². The minimum atomic E-state index is -3.41.